The molecule has 1 aromatic rings. The van der Waals surface area contributed by atoms with Gasteiger partial charge in [-0.2, -0.15) is 0 Å². The molecule has 0 heterocycles. The minimum Gasteiger partial charge on any atom is -0.744 e. The lowest BCUT2D eigenvalue weighted by atomic mass is 10.0. The molecular formula is C9H11O5S-. The largest absolute Gasteiger partial charge is 0.744 e. The molecule has 0 aromatic heterocycles. The molecule has 0 amide bonds. The van der Waals surface area contributed by atoms with Crippen LogP contribution < -0.4 is 0 Å². The van der Waals surface area contributed by atoms with E-state index in [1.165, 1.54) is 6.07 Å². The molecular weight excluding hydrogens is 220 g/mol. The molecule has 0 spiro atoms. The minimum atomic E-state index is -4.62. The van der Waals surface area contributed by atoms with Gasteiger partial charge in [0.15, 0.2) is 0 Å². The maximum Gasteiger partial charge on any atom is 0.124 e. The summed E-state index contributed by atoms with van der Waals surface area (Å²) in [6.45, 7) is 0.658. The quantitative estimate of drug-likeness (QED) is 0.707. The number of hydrogen-bond donors (Lipinski definition) is 2. The van der Waals surface area contributed by atoms with Gasteiger partial charge in [0.2, 0.25) is 0 Å². The smallest absolute Gasteiger partial charge is 0.124 e. The van der Waals surface area contributed by atoms with Crippen molar-refractivity contribution in [2.24, 2.45) is 0 Å². The number of hydrogen-bond acceptors (Lipinski definition) is 5. The number of benzene rings is 1. The lowest BCUT2D eigenvalue weighted by Gasteiger charge is -2.16. The van der Waals surface area contributed by atoms with E-state index in [9.17, 15) is 13.0 Å². The van der Waals surface area contributed by atoms with Crippen LogP contribution in [0.25, 0.3) is 0 Å². The van der Waals surface area contributed by atoms with E-state index in [4.69, 9.17) is 10.2 Å². The molecule has 0 fully saturated rings. The number of aliphatic hydroxyl groups excluding tert-OH is 2. The van der Waals surface area contributed by atoms with Gasteiger partial charge in [0.25, 0.3) is 0 Å². The molecule has 0 saturated carbocycles. The zero-order valence-electron chi connectivity index (χ0n) is 8.10. The van der Waals surface area contributed by atoms with E-state index in [2.05, 4.69) is 0 Å². The monoisotopic (exact) mass is 231 g/mol. The van der Waals surface area contributed by atoms with E-state index < -0.39 is 28.2 Å². The Kier molecular flexibility index (Phi) is 3.46. The third-order valence-corrected chi connectivity index (χ3v) is 3.13. The van der Waals surface area contributed by atoms with Gasteiger partial charge in [0, 0.05) is 5.56 Å². The van der Waals surface area contributed by atoms with E-state index in [0.717, 1.165) is 6.07 Å². The van der Waals surface area contributed by atoms with Gasteiger partial charge in [-0.1, -0.05) is 6.07 Å². The van der Waals surface area contributed by atoms with Gasteiger partial charge < -0.3 is 14.8 Å². The minimum absolute atomic E-state index is 0.0208. The number of aryl methyl sites for hydroxylation is 1. The molecule has 0 aliphatic rings. The molecule has 0 saturated heterocycles. The van der Waals surface area contributed by atoms with E-state index in [1.54, 1.807) is 6.92 Å². The van der Waals surface area contributed by atoms with Crippen molar-refractivity contribution < 1.29 is 23.2 Å². The van der Waals surface area contributed by atoms with Crippen molar-refractivity contribution in [2.45, 2.75) is 25.0 Å². The lowest BCUT2D eigenvalue weighted by Crippen LogP contribution is -2.08. The third-order valence-electron chi connectivity index (χ3n) is 2.21. The lowest BCUT2D eigenvalue weighted by molar-refractivity contribution is 0.256. The molecule has 5 nitrogen and oxygen atoms in total. The summed E-state index contributed by atoms with van der Waals surface area (Å²) < 4.78 is 32.5. The summed E-state index contributed by atoms with van der Waals surface area (Å²) in [5.41, 5.74) is 0.899. The van der Waals surface area contributed by atoms with Gasteiger partial charge in [-0.05, 0) is 24.1 Å². The molecule has 0 aliphatic carbocycles. The zero-order valence-corrected chi connectivity index (χ0v) is 8.91. The first-order valence-corrected chi connectivity index (χ1v) is 5.61. The third kappa shape index (κ3) is 2.35. The average molecular weight is 231 g/mol. The second kappa shape index (κ2) is 4.28. The molecule has 1 rings (SSSR count). The SMILES string of the molecule is Cc1ccc(S(=O)(=O)[O-])c(CO)c1CO. The summed E-state index contributed by atoms with van der Waals surface area (Å²) in [6.07, 6.45) is 0. The summed E-state index contributed by atoms with van der Waals surface area (Å²) in [6, 6.07) is 2.57. The molecule has 84 valence electrons. The Balaban J connectivity index is 3.57. The summed E-state index contributed by atoms with van der Waals surface area (Å²) in [4.78, 5) is -0.473. The van der Waals surface area contributed by atoms with E-state index in [-0.39, 0.29) is 11.1 Å². The molecule has 6 heteroatoms. The Morgan fingerprint density at radius 2 is 1.73 bits per heavy atom. The average Bonchev–Trinajstić information content (AvgIpc) is 2.15. The van der Waals surface area contributed by atoms with E-state index in [1.807, 2.05) is 0 Å². The van der Waals surface area contributed by atoms with Crippen LogP contribution in [-0.4, -0.2) is 23.2 Å². The fourth-order valence-corrected chi connectivity index (χ4v) is 2.14. The number of rotatable bonds is 3. The fraction of sp³-hybridized carbons (Fsp3) is 0.333. The summed E-state index contributed by atoms with van der Waals surface area (Å²) in [7, 11) is -4.62. The fourth-order valence-electron chi connectivity index (χ4n) is 1.42. The predicted octanol–water partition coefficient (Wildman–Crippen LogP) is -0.116. The summed E-state index contributed by atoms with van der Waals surface area (Å²) in [5.74, 6) is 0. The van der Waals surface area contributed by atoms with Crippen LogP contribution in [0.5, 0.6) is 0 Å². The first-order valence-electron chi connectivity index (χ1n) is 4.20. The standard InChI is InChI=1S/C9H12O5S/c1-6-2-3-9(15(12,13)14)8(5-11)7(6)4-10/h2-3,10-11H,4-5H2,1H3,(H,12,13,14)/p-1. The first kappa shape index (κ1) is 12.1. The van der Waals surface area contributed by atoms with Crippen LogP contribution in [0.15, 0.2) is 17.0 Å². The first-order chi connectivity index (χ1) is 6.91. The highest BCUT2D eigenvalue weighted by Crippen LogP contribution is 2.23. The van der Waals surface area contributed by atoms with Crippen LogP contribution in [0.3, 0.4) is 0 Å². The number of aliphatic hydroxyl groups is 2. The van der Waals surface area contributed by atoms with Gasteiger partial charge in [-0.3, -0.25) is 0 Å². The summed E-state index contributed by atoms with van der Waals surface area (Å²) in [5, 5.41) is 18.0. The predicted molar refractivity (Wildman–Crippen MR) is 51.0 cm³/mol. The Hall–Kier alpha value is -0.950. The van der Waals surface area contributed by atoms with Crippen molar-refractivity contribution in [2.75, 3.05) is 0 Å². The van der Waals surface area contributed by atoms with Crippen molar-refractivity contribution in [3.05, 3.63) is 28.8 Å². The van der Waals surface area contributed by atoms with Crippen molar-refractivity contribution in [1.82, 2.24) is 0 Å². The van der Waals surface area contributed by atoms with Crippen molar-refractivity contribution in [1.29, 1.82) is 0 Å². The molecule has 0 aliphatic heterocycles. The second-order valence-electron chi connectivity index (χ2n) is 3.11. The van der Waals surface area contributed by atoms with Gasteiger partial charge in [0.05, 0.1) is 18.1 Å². The van der Waals surface area contributed by atoms with Gasteiger partial charge in [0.1, 0.15) is 10.1 Å². The molecule has 0 radical (unpaired) electrons. The highest BCUT2D eigenvalue weighted by atomic mass is 32.2. The van der Waals surface area contributed by atoms with Crippen molar-refractivity contribution >= 4 is 10.1 Å². The highest BCUT2D eigenvalue weighted by Gasteiger charge is 2.13. The van der Waals surface area contributed by atoms with E-state index in [0.29, 0.717) is 5.56 Å². The Bertz CT molecular complexity index is 464. The van der Waals surface area contributed by atoms with Crippen LogP contribution in [0.1, 0.15) is 16.7 Å². The maximum absolute atomic E-state index is 10.8. The van der Waals surface area contributed by atoms with Crippen molar-refractivity contribution in [3.63, 3.8) is 0 Å². The Morgan fingerprint density at radius 1 is 1.20 bits per heavy atom. The van der Waals surface area contributed by atoms with E-state index >= 15 is 0 Å². The zero-order chi connectivity index (χ0) is 11.6. The molecule has 0 bridgehead atoms. The Morgan fingerprint density at radius 3 is 2.13 bits per heavy atom. The normalized spacial score (nSPS) is 11.7. The van der Waals surface area contributed by atoms with Gasteiger partial charge >= 0.3 is 0 Å². The molecule has 1 aromatic carbocycles. The van der Waals surface area contributed by atoms with Crippen LogP contribution >= 0.6 is 0 Å². The van der Waals surface area contributed by atoms with Gasteiger partial charge in [-0.25, -0.2) is 8.42 Å². The molecule has 0 atom stereocenters. The topological polar surface area (TPSA) is 97.7 Å². The molecule has 0 unspecified atom stereocenters. The molecule has 15 heavy (non-hydrogen) atoms. The van der Waals surface area contributed by atoms with Gasteiger partial charge in [-0.15, -0.1) is 0 Å². The van der Waals surface area contributed by atoms with Crippen LogP contribution in [0.2, 0.25) is 0 Å². The van der Waals surface area contributed by atoms with Crippen LogP contribution in [0.4, 0.5) is 0 Å². The van der Waals surface area contributed by atoms with Crippen LogP contribution in [-0.2, 0) is 23.3 Å². The van der Waals surface area contributed by atoms with Crippen molar-refractivity contribution in [3.8, 4) is 0 Å². The molecule has 2 N–H and O–H groups in total. The van der Waals surface area contributed by atoms with Crippen LogP contribution in [0, 0.1) is 6.92 Å². The maximum atomic E-state index is 10.8. The highest BCUT2D eigenvalue weighted by molar-refractivity contribution is 7.85. The second-order valence-corrected chi connectivity index (χ2v) is 4.46. The Labute approximate surface area is 87.7 Å². The summed E-state index contributed by atoms with van der Waals surface area (Å²) >= 11 is 0.